The molecule has 0 atom stereocenters. The standard InChI is InChI=1S/C18H18Cl2N2O2S/c1-12-11-14(20)6-9-16(12)21-18(25)22-17(23)3-2-10-24-15-7-4-13(19)5-8-15/h4-9,11H,2-3,10H2,1H3,(H2,21,22,23,25). The van der Waals surface area contributed by atoms with E-state index in [9.17, 15) is 4.79 Å². The Morgan fingerprint density at radius 1 is 1.12 bits per heavy atom. The zero-order valence-electron chi connectivity index (χ0n) is 13.6. The van der Waals surface area contributed by atoms with E-state index in [1.54, 1.807) is 30.3 Å². The van der Waals surface area contributed by atoms with Crippen molar-refractivity contribution in [3.8, 4) is 5.75 Å². The van der Waals surface area contributed by atoms with Crippen LogP contribution in [0.5, 0.6) is 5.75 Å². The van der Waals surface area contributed by atoms with Gasteiger partial charge in [0.15, 0.2) is 5.11 Å². The maximum atomic E-state index is 11.9. The zero-order valence-corrected chi connectivity index (χ0v) is 16.0. The quantitative estimate of drug-likeness (QED) is 0.534. The van der Waals surface area contributed by atoms with E-state index in [1.807, 2.05) is 19.1 Å². The number of hydrogen-bond acceptors (Lipinski definition) is 3. The minimum Gasteiger partial charge on any atom is -0.494 e. The Bertz CT molecular complexity index is 751. The van der Waals surface area contributed by atoms with Crippen LogP contribution in [0.1, 0.15) is 18.4 Å². The van der Waals surface area contributed by atoms with Crippen LogP contribution in [0.4, 0.5) is 5.69 Å². The molecule has 0 radical (unpaired) electrons. The maximum absolute atomic E-state index is 11.9. The van der Waals surface area contributed by atoms with Gasteiger partial charge in [0.05, 0.1) is 6.61 Å². The molecule has 0 fully saturated rings. The van der Waals surface area contributed by atoms with Crippen LogP contribution in [0.2, 0.25) is 10.0 Å². The topological polar surface area (TPSA) is 50.4 Å². The molecular weight excluding hydrogens is 379 g/mol. The Morgan fingerprint density at radius 3 is 2.48 bits per heavy atom. The van der Waals surface area contributed by atoms with Crippen LogP contribution in [0.25, 0.3) is 0 Å². The van der Waals surface area contributed by atoms with E-state index in [1.165, 1.54) is 0 Å². The molecule has 0 aliphatic heterocycles. The predicted octanol–water partition coefficient (Wildman–Crippen LogP) is 4.97. The summed E-state index contributed by atoms with van der Waals surface area (Å²) in [6.07, 6.45) is 0.895. The molecule has 25 heavy (non-hydrogen) atoms. The smallest absolute Gasteiger partial charge is 0.226 e. The number of carbonyl (C=O) groups is 1. The molecule has 2 aromatic rings. The van der Waals surface area contributed by atoms with Gasteiger partial charge in [-0.1, -0.05) is 23.2 Å². The number of hydrogen-bond donors (Lipinski definition) is 2. The number of benzene rings is 2. The summed E-state index contributed by atoms with van der Waals surface area (Å²) < 4.78 is 5.54. The Kier molecular flexibility index (Phi) is 7.50. The van der Waals surface area contributed by atoms with Crippen LogP contribution in [0.3, 0.4) is 0 Å². The van der Waals surface area contributed by atoms with Gasteiger partial charge in [0.2, 0.25) is 5.91 Å². The Labute approximate surface area is 162 Å². The number of nitrogens with one attached hydrogen (secondary N) is 2. The Balaban J connectivity index is 1.69. The van der Waals surface area contributed by atoms with Crippen LogP contribution in [-0.4, -0.2) is 17.6 Å². The third kappa shape index (κ3) is 6.90. The molecule has 2 aromatic carbocycles. The molecule has 0 spiro atoms. The molecule has 0 unspecified atom stereocenters. The number of anilines is 1. The van der Waals surface area contributed by atoms with Gasteiger partial charge < -0.3 is 15.4 Å². The molecule has 0 aliphatic rings. The van der Waals surface area contributed by atoms with E-state index in [-0.39, 0.29) is 11.0 Å². The fraction of sp³-hybridized carbons (Fsp3) is 0.222. The van der Waals surface area contributed by atoms with Gasteiger partial charge in [-0.25, -0.2) is 0 Å². The van der Waals surface area contributed by atoms with Crippen molar-refractivity contribution < 1.29 is 9.53 Å². The summed E-state index contributed by atoms with van der Waals surface area (Å²) >= 11 is 16.9. The highest BCUT2D eigenvalue weighted by Crippen LogP contribution is 2.19. The molecule has 2 N–H and O–H groups in total. The summed E-state index contributed by atoms with van der Waals surface area (Å²) in [5.41, 5.74) is 1.75. The highest BCUT2D eigenvalue weighted by atomic mass is 35.5. The van der Waals surface area contributed by atoms with Gasteiger partial charge in [0, 0.05) is 22.2 Å². The highest BCUT2D eigenvalue weighted by molar-refractivity contribution is 7.80. The molecule has 0 aliphatic carbocycles. The van der Waals surface area contributed by atoms with Gasteiger partial charge in [0.1, 0.15) is 5.75 Å². The van der Waals surface area contributed by atoms with E-state index in [4.69, 9.17) is 40.2 Å². The van der Waals surface area contributed by atoms with Gasteiger partial charge in [0.25, 0.3) is 0 Å². The SMILES string of the molecule is Cc1cc(Cl)ccc1NC(=S)NC(=O)CCCOc1ccc(Cl)cc1. The molecule has 7 heteroatoms. The monoisotopic (exact) mass is 396 g/mol. The van der Waals surface area contributed by atoms with Crippen molar-refractivity contribution in [2.75, 3.05) is 11.9 Å². The summed E-state index contributed by atoms with van der Waals surface area (Å²) in [6.45, 7) is 2.35. The molecule has 0 saturated heterocycles. The fourth-order valence-electron chi connectivity index (χ4n) is 2.06. The minimum absolute atomic E-state index is 0.163. The van der Waals surface area contributed by atoms with E-state index >= 15 is 0 Å². The highest BCUT2D eigenvalue weighted by Gasteiger charge is 2.07. The number of rotatable bonds is 6. The van der Waals surface area contributed by atoms with Gasteiger partial charge in [-0.2, -0.15) is 0 Å². The lowest BCUT2D eigenvalue weighted by Gasteiger charge is -2.12. The number of carbonyl (C=O) groups excluding carboxylic acids is 1. The molecule has 4 nitrogen and oxygen atoms in total. The van der Waals surface area contributed by atoms with Crippen LogP contribution >= 0.6 is 35.4 Å². The van der Waals surface area contributed by atoms with E-state index in [0.717, 1.165) is 17.0 Å². The van der Waals surface area contributed by atoms with E-state index in [2.05, 4.69) is 10.6 Å². The summed E-state index contributed by atoms with van der Waals surface area (Å²) in [4.78, 5) is 11.9. The average molecular weight is 397 g/mol. The normalized spacial score (nSPS) is 10.2. The lowest BCUT2D eigenvalue weighted by atomic mass is 10.2. The van der Waals surface area contributed by atoms with Crippen LogP contribution in [-0.2, 0) is 4.79 Å². The van der Waals surface area contributed by atoms with E-state index in [0.29, 0.717) is 29.5 Å². The predicted molar refractivity (Wildman–Crippen MR) is 107 cm³/mol. The van der Waals surface area contributed by atoms with Crippen molar-refractivity contribution in [1.82, 2.24) is 5.32 Å². The molecule has 0 bridgehead atoms. The molecule has 2 rings (SSSR count). The number of ether oxygens (including phenoxy) is 1. The van der Waals surface area contributed by atoms with Gasteiger partial charge in [-0.3, -0.25) is 4.79 Å². The lowest BCUT2D eigenvalue weighted by Crippen LogP contribution is -2.34. The summed E-state index contributed by atoms with van der Waals surface area (Å²) in [7, 11) is 0. The average Bonchev–Trinajstić information content (AvgIpc) is 2.56. The van der Waals surface area contributed by atoms with Gasteiger partial charge in [-0.15, -0.1) is 0 Å². The zero-order chi connectivity index (χ0) is 18.2. The number of aryl methyl sites for hydroxylation is 1. The van der Waals surface area contributed by atoms with Gasteiger partial charge in [-0.05, 0) is 73.6 Å². The van der Waals surface area contributed by atoms with Crippen LogP contribution in [0, 0.1) is 6.92 Å². The van der Waals surface area contributed by atoms with Crippen LogP contribution < -0.4 is 15.4 Å². The first-order chi connectivity index (χ1) is 11.9. The van der Waals surface area contributed by atoms with Crippen LogP contribution in [0.15, 0.2) is 42.5 Å². The summed E-state index contributed by atoms with van der Waals surface area (Å²) in [5, 5.41) is 7.20. The lowest BCUT2D eigenvalue weighted by molar-refractivity contribution is -0.119. The molecular formula is C18H18Cl2N2O2S. The third-order valence-electron chi connectivity index (χ3n) is 3.32. The number of halogens is 2. The fourth-order valence-corrected chi connectivity index (χ4v) is 2.64. The van der Waals surface area contributed by atoms with E-state index < -0.39 is 0 Å². The van der Waals surface area contributed by atoms with Crippen molar-refractivity contribution in [3.63, 3.8) is 0 Å². The number of amides is 1. The third-order valence-corrected chi connectivity index (χ3v) is 4.01. The molecule has 0 saturated carbocycles. The molecule has 132 valence electrons. The van der Waals surface area contributed by atoms with Gasteiger partial charge >= 0.3 is 0 Å². The van der Waals surface area contributed by atoms with Crippen molar-refractivity contribution in [3.05, 3.63) is 58.1 Å². The molecule has 1 amide bonds. The second kappa shape index (κ2) is 9.61. The van der Waals surface area contributed by atoms with Crippen molar-refractivity contribution in [1.29, 1.82) is 0 Å². The van der Waals surface area contributed by atoms with Crippen molar-refractivity contribution in [2.24, 2.45) is 0 Å². The van der Waals surface area contributed by atoms with Crippen molar-refractivity contribution >= 4 is 52.1 Å². The summed E-state index contributed by atoms with van der Waals surface area (Å²) in [6, 6.07) is 12.5. The first-order valence-corrected chi connectivity index (χ1v) is 8.86. The maximum Gasteiger partial charge on any atom is 0.226 e. The first kappa shape index (κ1) is 19.5. The largest absolute Gasteiger partial charge is 0.494 e. The Morgan fingerprint density at radius 2 is 1.80 bits per heavy atom. The molecule has 0 aromatic heterocycles. The number of thiocarbonyl (C=S) groups is 1. The second-order valence-electron chi connectivity index (χ2n) is 5.37. The van der Waals surface area contributed by atoms with Crippen molar-refractivity contribution in [2.45, 2.75) is 19.8 Å². The first-order valence-electron chi connectivity index (χ1n) is 7.69. The Hall–Kier alpha value is -1.82. The summed E-state index contributed by atoms with van der Waals surface area (Å²) in [5.74, 6) is 0.559. The molecule has 0 heterocycles. The minimum atomic E-state index is -0.163. The second-order valence-corrected chi connectivity index (χ2v) is 6.65.